The van der Waals surface area contributed by atoms with Crippen LogP contribution in [0.3, 0.4) is 0 Å². The average Bonchev–Trinajstić information content (AvgIpc) is 2.79. The smallest absolute Gasteiger partial charge is 0.228 e. The largest absolute Gasteiger partial charge is 0.485 e. The third-order valence-electron chi connectivity index (χ3n) is 5.95. The first kappa shape index (κ1) is 19.3. The van der Waals surface area contributed by atoms with Crippen molar-refractivity contribution in [1.82, 2.24) is 14.9 Å². The van der Waals surface area contributed by atoms with Gasteiger partial charge in [0, 0.05) is 37.3 Å². The fourth-order valence-corrected chi connectivity index (χ4v) is 4.03. The molecule has 5 rings (SSSR count). The summed E-state index contributed by atoms with van der Waals surface area (Å²) in [6.07, 6.45) is -0.192. The highest BCUT2D eigenvalue weighted by Gasteiger charge is 2.29. The highest BCUT2D eigenvalue weighted by atomic mass is 16.6. The number of piperazine rings is 1. The van der Waals surface area contributed by atoms with Crippen LogP contribution in [0.25, 0.3) is 10.9 Å². The number of hydrogen-bond donors (Lipinski definition) is 2. The molecule has 1 saturated heterocycles. The van der Waals surface area contributed by atoms with Crippen molar-refractivity contribution in [2.45, 2.75) is 13.0 Å². The van der Waals surface area contributed by atoms with Crippen molar-refractivity contribution in [3.8, 4) is 11.5 Å². The fourth-order valence-electron chi connectivity index (χ4n) is 4.03. The lowest BCUT2D eigenvalue weighted by molar-refractivity contribution is 0.0902. The number of nitrogens with two attached hydrogens (primary N) is 2. The van der Waals surface area contributed by atoms with E-state index in [4.69, 9.17) is 25.9 Å². The second kappa shape index (κ2) is 7.54. The van der Waals surface area contributed by atoms with E-state index in [1.54, 1.807) is 0 Å². The Hall–Kier alpha value is -3.68. The third-order valence-corrected chi connectivity index (χ3v) is 5.95. The zero-order valence-corrected chi connectivity index (χ0v) is 17.5. The Morgan fingerprint density at radius 1 is 1.06 bits per heavy atom. The van der Waals surface area contributed by atoms with Gasteiger partial charge in [-0.05, 0) is 36.8 Å². The number of fused-ring (bicyclic) bond motifs is 2. The van der Waals surface area contributed by atoms with Gasteiger partial charge < -0.3 is 30.7 Å². The second-order valence-electron chi connectivity index (χ2n) is 7.96. The number of aromatic nitrogens is 2. The van der Waals surface area contributed by atoms with Gasteiger partial charge in [-0.3, -0.25) is 0 Å². The van der Waals surface area contributed by atoms with E-state index >= 15 is 0 Å². The summed E-state index contributed by atoms with van der Waals surface area (Å²) >= 11 is 0. The summed E-state index contributed by atoms with van der Waals surface area (Å²) in [4.78, 5) is 13.7. The molecular weight excluding hydrogens is 392 g/mol. The Morgan fingerprint density at radius 2 is 1.81 bits per heavy atom. The molecule has 1 fully saturated rings. The molecule has 2 aromatic carbocycles. The van der Waals surface area contributed by atoms with E-state index in [-0.39, 0.29) is 6.10 Å². The molecule has 1 unspecified atom stereocenters. The Kier molecular flexibility index (Phi) is 4.69. The van der Waals surface area contributed by atoms with Crippen LogP contribution in [0, 0.1) is 6.92 Å². The maximum Gasteiger partial charge on any atom is 0.228 e. The van der Waals surface area contributed by atoms with Crippen molar-refractivity contribution >= 4 is 28.4 Å². The zero-order chi connectivity index (χ0) is 21.5. The minimum atomic E-state index is -0.192. The molecule has 2 aliphatic rings. The van der Waals surface area contributed by atoms with Gasteiger partial charge in [0.1, 0.15) is 12.4 Å². The lowest BCUT2D eigenvalue weighted by Crippen LogP contribution is -2.49. The van der Waals surface area contributed by atoms with Gasteiger partial charge in [0.2, 0.25) is 5.95 Å². The van der Waals surface area contributed by atoms with Crippen LogP contribution in [0.1, 0.15) is 5.56 Å². The highest BCUT2D eigenvalue weighted by Crippen LogP contribution is 2.33. The maximum atomic E-state index is 6.21. The molecule has 31 heavy (non-hydrogen) atoms. The summed E-state index contributed by atoms with van der Waals surface area (Å²) in [7, 11) is 0. The summed E-state index contributed by atoms with van der Waals surface area (Å²) in [5, 5.41) is 0.786. The molecule has 0 radical (unpaired) electrons. The van der Waals surface area contributed by atoms with Crippen molar-refractivity contribution < 1.29 is 9.47 Å². The fraction of sp³-hybridized carbons (Fsp3) is 0.304. The van der Waals surface area contributed by atoms with E-state index < -0.39 is 0 Å². The number of benzene rings is 2. The number of aryl methyl sites for hydroxylation is 1. The van der Waals surface area contributed by atoms with Crippen molar-refractivity contribution in [2.75, 3.05) is 49.2 Å². The number of rotatable bonds is 3. The lowest BCUT2D eigenvalue weighted by Gasteiger charge is -2.40. The number of nitrogen functional groups attached to an aromatic ring is 2. The van der Waals surface area contributed by atoms with Crippen LogP contribution >= 0.6 is 0 Å². The van der Waals surface area contributed by atoms with Crippen LogP contribution in [-0.2, 0) is 0 Å². The molecule has 1 aromatic heterocycles. The van der Waals surface area contributed by atoms with Crippen molar-refractivity contribution in [3.05, 3.63) is 54.2 Å². The molecule has 0 spiro atoms. The molecule has 4 N–H and O–H groups in total. The summed E-state index contributed by atoms with van der Waals surface area (Å²) in [6, 6.07) is 11.5. The molecule has 0 saturated carbocycles. The van der Waals surface area contributed by atoms with Gasteiger partial charge in [0.05, 0.1) is 11.2 Å². The van der Waals surface area contributed by atoms with Gasteiger partial charge in [-0.15, -0.1) is 0 Å². The Balaban J connectivity index is 1.27. The molecule has 8 nitrogen and oxygen atoms in total. The number of anilines is 3. The molecular formula is C23H26N6O2. The summed E-state index contributed by atoms with van der Waals surface area (Å²) in [5.74, 6) is 2.63. The predicted octanol–water partition coefficient (Wildman–Crippen LogP) is 2.58. The van der Waals surface area contributed by atoms with Gasteiger partial charge in [-0.25, -0.2) is 4.98 Å². The summed E-state index contributed by atoms with van der Waals surface area (Å²) in [6.45, 7) is 9.83. The van der Waals surface area contributed by atoms with E-state index in [0.717, 1.165) is 59.8 Å². The van der Waals surface area contributed by atoms with Crippen LogP contribution < -0.4 is 25.8 Å². The van der Waals surface area contributed by atoms with E-state index in [0.29, 0.717) is 24.1 Å². The van der Waals surface area contributed by atoms with Crippen molar-refractivity contribution in [1.29, 1.82) is 0 Å². The van der Waals surface area contributed by atoms with Crippen molar-refractivity contribution in [2.24, 2.45) is 0 Å². The van der Waals surface area contributed by atoms with Crippen LogP contribution in [-0.4, -0.2) is 53.8 Å². The number of ether oxygens (including phenoxy) is 2. The normalized spacial score (nSPS) is 18.3. The minimum Gasteiger partial charge on any atom is -0.485 e. The van der Waals surface area contributed by atoms with Crippen molar-refractivity contribution in [3.63, 3.8) is 0 Å². The molecule has 0 bridgehead atoms. The first-order valence-electron chi connectivity index (χ1n) is 10.4. The summed E-state index contributed by atoms with van der Waals surface area (Å²) in [5.41, 5.74) is 15.6. The van der Waals surface area contributed by atoms with E-state index in [2.05, 4.69) is 21.4 Å². The zero-order valence-electron chi connectivity index (χ0n) is 17.5. The van der Waals surface area contributed by atoms with Crippen LogP contribution in [0.4, 0.5) is 17.5 Å². The lowest BCUT2D eigenvalue weighted by atomic mass is 10.1. The van der Waals surface area contributed by atoms with Gasteiger partial charge >= 0.3 is 0 Å². The van der Waals surface area contributed by atoms with Gasteiger partial charge in [0.25, 0.3) is 0 Å². The van der Waals surface area contributed by atoms with Gasteiger partial charge in [0.15, 0.2) is 17.6 Å². The molecule has 1 atom stereocenters. The topological polar surface area (TPSA) is 103 Å². The SMILES string of the molecule is C=C(C1COc2ccccc2O1)N1CCN(c2nc(N)c3cc(N)c(C)cc3n2)CC1. The molecule has 3 aromatic rings. The van der Waals surface area contributed by atoms with Crippen LogP contribution in [0.5, 0.6) is 11.5 Å². The van der Waals surface area contributed by atoms with E-state index in [9.17, 15) is 0 Å². The second-order valence-corrected chi connectivity index (χ2v) is 7.96. The quantitative estimate of drug-likeness (QED) is 0.626. The highest BCUT2D eigenvalue weighted by molar-refractivity contribution is 5.92. The first-order chi connectivity index (χ1) is 15.0. The van der Waals surface area contributed by atoms with Gasteiger partial charge in [-0.2, -0.15) is 4.98 Å². The third kappa shape index (κ3) is 3.54. The molecule has 0 amide bonds. The van der Waals surface area contributed by atoms with Crippen LogP contribution in [0.15, 0.2) is 48.7 Å². The average molecular weight is 419 g/mol. The van der Waals surface area contributed by atoms with E-state index in [1.807, 2.05) is 43.3 Å². The Bertz CT molecular complexity index is 1160. The maximum absolute atomic E-state index is 6.21. The Labute approximate surface area is 181 Å². The van der Waals surface area contributed by atoms with Gasteiger partial charge in [-0.1, -0.05) is 18.7 Å². The first-order valence-corrected chi connectivity index (χ1v) is 10.4. The van der Waals surface area contributed by atoms with E-state index in [1.165, 1.54) is 0 Å². The minimum absolute atomic E-state index is 0.192. The Morgan fingerprint density at radius 3 is 2.58 bits per heavy atom. The summed E-state index contributed by atoms with van der Waals surface area (Å²) < 4.78 is 12.0. The molecule has 160 valence electrons. The molecule has 2 aliphatic heterocycles. The predicted molar refractivity (Wildman–Crippen MR) is 122 cm³/mol. The number of nitrogens with zero attached hydrogens (tertiary/aromatic N) is 4. The molecule has 3 heterocycles. The number of hydrogen-bond acceptors (Lipinski definition) is 8. The van der Waals surface area contributed by atoms with Crippen LogP contribution in [0.2, 0.25) is 0 Å². The standard InChI is InChI=1S/C23H26N6O2/c1-14-11-18-16(12-17(14)24)22(25)27-23(26-18)29-9-7-28(8-10-29)15(2)21-13-30-19-5-3-4-6-20(19)31-21/h3-6,11-12,21H,2,7-10,13,24H2,1H3,(H2,25,26,27). The molecule has 8 heteroatoms. The number of para-hydroxylation sites is 2. The monoisotopic (exact) mass is 418 g/mol. The molecule has 0 aliphatic carbocycles.